The van der Waals surface area contributed by atoms with E-state index >= 15 is 0 Å². The third-order valence-electron chi connectivity index (χ3n) is 2.37. The maximum Gasteiger partial charge on any atom is 0.311 e. The maximum absolute atomic E-state index is 10.9. The number of hydrogen-bond acceptors (Lipinski definition) is 5. The smallest absolute Gasteiger partial charge is 0.311 e. The van der Waals surface area contributed by atoms with Crippen LogP contribution in [-0.2, 0) is 6.42 Å². The van der Waals surface area contributed by atoms with Gasteiger partial charge in [0.2, 0.25) is 0 Å². The largest absolute Gasteiger partial charge is 0.486 e. The highest BCUT2D eigenvalue weighted by Crippen LogP contribution is 2.28. The molecular weight excluding hydrogens is 238 g/mol. The molecule has 0 bridgehead atoms. The predicted molar refractivity (Wildman–Crippen MR) is 66.0 cm³/mol. The quantitative estimate of drug-likeness (QED) is 0.263. The van der Waals surface area contributed by atoms with Gasteiger partial charge in [0.1, 0.15) is 5.84 Å². The summed E-state index contributed by atoms with van der Waals surface area (Å²) in [5.41, 5.74) is 6.06. The van der Waals surface area contributed by atoms with Crippen molar-refractivity contribution in [2.24, 2.45) is 10.9 Å². The van der Waals surface area contributed by atoms with Crippen molar-refractivity contribution in [1.29, 1.82) is 0 Å². The second-order valence-corrected chi connectivity index (χ2v) is 3.60. The highest BCUT2D eigenvalue weighted by Gasteiger charge is 2.15. The average molecular weight is 253 g/mol. The SMILES string of the molecule is CCc1ccc(OCCC(N)=NO)c([N+](=O)[O-])c1. The van der Waals surface area contributed by atoms with Crippen LogP contribution in [-0.4, -0.2) is 22.6 Å². The van der Waals surface area contributed by atoms with E-state index in [-0.39, 0.29) is 30.3 Å². The normalized spacial score (nSPS) is 11.3. The number of hydrogen-bond donors (Lipinski definition) is 2. The van der Waals surface area contributed by atoms with Crippen LogP contribution in [0, 0.1) is 10.1 Å². The Kier molecular flexibility index (Phi) is 4.91. The monoisotopic (exact) mass is 253 g/mol. The number of aryl methyl sites for hydroxylation is 1. The van der Waals surface area contributed by atoms with E-state index in [0.717, 1.165) is 5.56 Å². The Hall–Kier alpha value is -2.31. The van der Waals surface area contributed by atoms with Gasteiger partial charge in [0.15, 0.2) is 5.75 Å². The van der Waals surface area contributed by atoms with E-state index in [1.54, 1.807) is 12.1 Å². The molecule has 0 fully saturated rings. The van der Waals surface area contributed by atoms with Crippen LogP contribution in [0.25, 0.3) is 0 Å². The van der Waals surface area contributed by atoms with Crippen LogP contribution in [0.4, 0.5) is 5.69 Å². The molecule has 7 heteroatoms. The molecule has 0 aliphatic carbocycles. The van der Waals surface area contributed by atoms with Crippen LogP contribution >= 0.6 is 0 Å². The molecule has 0 heterocycles. The molecular formula is C11H15N3O4. The molecule has 0 atom stereocenters. The average Bonchev–Trinajstić information content (AvgIpc) is 2.38. The zero-order chi connectivity index (χ0) is 13.5. The van der Waals surface area contributed by atoms with E-state index in [1.165, 1.54) is 6.07 Å². The molecule has 0 spiro atoms. The van der Waals surface area contributed by atoms with E-state index in [9.17, 15) is 10.1 Å². The van der Waals surface area contributed by atoms with Crippen LogP contribution in [0.2, 0.25) is 0 Å². The zero-order valence-corrected chi connectivity index (χ0v) is 10.00. The molecule has 0 radical (unpaired) electrons. The van der Waals surface area contributed by atoms with Gasteiger partial charge in [-0.25, -0.2) is 0 Å². The van der Waals surface area contributed by atoms with E-state index in [4.69, 9.17) is 15.7 Å². The van der Waals surface area contributed by atoms with Crippen LogP contribution in [0.5, 0.6) is 5.75 Å². The van der Waals surface area contributed by atoms with Gasteiger partial charge in [-0.1, -0.05) is 18.1 Å². The fraction of sp³-hybridized carbons (Fsp3) is 0.364. The van der Waals surface area contributed by atoms with Gasteiger partial charge in [0, 0.05) is 12.5 Å². The summed E-state index contributed by atoms with van der Waals surface area (Å²) in [6, 6.07) is 4.81. The first-order valence-corrected chi connectivity index (χ1v) is 5.45. The van der Waals surface area contributed by atoms with Crippen LogP contribution < -0.4 is 10.5 Å². The number of nitro groups is 1. The third kappa shape index (κ3) is 3.62. The first-order valence-electron chi connectivity index (χ1n) is 5.45. The summed E-state index contributed by atoms with van der Waals surface area (Å²) in [4.78, 5) is 10.4. The molecule has 0 saturated heterocycles. The second-order valence-electron chi connectivity index (χ2n) is 3.60. The van der Waals surface area contributed by atoms with Crippen molar-refractivity contribution in [2.75, 3.05) is 6.61 Å². The summed E-state index contributed by atoms with van der Waals surface area (Å²) in [5, 5.41) is 22.0. The molecule has 0 aromatic heterocycles. The van der Waals surface area contributed by atoms with E-state index in [2.05, 4.69) is 5.16 Å². The Bertz CT molecular complexity index is 460. The topological polar surface area (TPSA) is 111 Å². The molecule has 98 valence electrons. The van der Waals surface area contributed by atoms with Gasteiger partial charge in [0.05, 0.1) is 11.5 Å². The molecule has 1 aromatic rings. The van der Waals surface area contributed by atoms with Gasteiger partial charge >= 0.3 is 5.69 Å². The molecule has 1 rings (SSSR count). The van der Waals surface area contributed by atoms with Crippen LogP contribution in [0.1, 0.15) is 18.9 Å². The summed E-state index contributed by atoms with van der Waals surface area (Å²) < 4.78 is 5.26. The summed E-state index contributed by atoms with van der Waals surface area (Å²) >= 11 is 0. The lowest BCUT2D eigenvalue weighted by Crippen LogP contribution is -2.15. The summed E-state index contributed by atoms with van der Waals surface area (Å²) in [5.74, 6) is 0.200. The molecule has 0 aliphatic rings. The minimum Gasteiger partial charge on any atom is -0.486 e. The van der Waals surface area contributed by atoms with Gasteiger partial charge < -0.3 is 15.7 Å². The predicted octanol–water partition coefficient (Wildman–Crippen LogP) is 1.67. The third-order valence-corrected chi connectivity index (χ3v) is 2.37. The number of benzene rings is 1. The fourth-order valence-corrected chi connectivity index (χ4v) is 1.36. The number of ether oxygens (including phenoxy) is 1. The van der Waals surface area contributed by atoms with Gasteiger partial charge in [-0.2, -0.15) is 0 Å². The maximum atomic E-state index is 10.9. The van der Waals surface area contributed by atoms with Gasteiger partial charge in [0.25, 0.3) is 0 Å². The minimum atomic E-state index is -0.488. The Morgan fingerprint density at radius 2 is 2.33 bits per heavy atom. The van der Waals surface area contributed by atoms with Crippen molar-refractivity contribution in [2.45, 2.75) is 19.8 Å². The fourth-order valence-electron chi connectivity index (χ4n) is 1.36. The van der Waals surface area contributed by atoms with Crippen molar-refractivity contribution in [3.8, 4) is 5.75 Å². The Morgan fingerprint density at radius 3 is 2.89 bits per heavy atom. The van der Waals surface area contributed by atoms with E-state index < -0.39 is 4.92 Å². The Balaban J connectivity index is 2.78. The summed E-state index contributed by atoms with van der Waals surface area (Å²) in [6.07, 6.45) is 0.911. The summed E-state index contributed by atoms with van der Waals surface area (Å²) in [7, 11) is 0. The molecule has 0 unspecified atom stereocenters. The van der Waals surface area contributed by atoms with Crippen molar-refractivity contribution >= 4 is 11.5 Å². The van der Waals surface area contributed by atoms with E-state index in [1.807, 2.05) is 6.92 Å². The lowest BCUT2D eigenvalue weighted by atomic mass is 10.1. The Labute approximate surface area is 104 Å². The van der Waals surface area contributed by atoms with Gasteiger partial charge in [-0.15, -0.1) is 0 Å². The molecule has 3 N–H and O–H groups in total. The number of amidine groups is 1. The van der Waals surface area contributed by atoms with Crippen molar-refractivity contribution in [3.05, 3.63) is 33.9 Å². The highest BCUT2D eigenvalue weighted by atomic mass is 16.6. The number of nitrogens with zero attached hydrogens (tertiary/aromatic N) is 2. The minimum absolute atomic E-state index is 0.0165. The standard InChI is InChI=1S/C11H15N3O4/c1-2-8-3-4-10(9(7-8)14(16)17)18-6-5-11(12)13-15/h3-4,7,15H,2,5-6H2,1H3,(H2,12,13). The molecule has 18 heavy (non-hydrogen) atoms. The highest BCUT2D eigenvalue weighted by molar-refractivity contribution is 5.79. The second kappa shape index (κ2) is 6.43. The lowest BCUT2D eigenvalue weighted by molar-refractivity contribution is -0.385. The van der Waals surface area contributed by atoms with Crippen LogP contribution in [0.15, 0.2) is 23.4 Å². The van der Waals surface area contributed by atoms with Crippen LogP contribution in [0.3, 0.4) is 0 Å². The number of nitro benzene ring substituents is 1. The molecule has 0 saturated carbocycles. The number of rotatable bonds is 6. The lowest BCUT2D eigenvalue weighted by Gasteiger charge is -2.07. The van der Waals surface area contributed by atoms with Crippen molar-refractivity contribution in [3.63, 3.8) is 0 Å². The summed E-state index contributed by atoms with van der Waals surface area (Å²) in [6.45, 7) is 2.03. The van der Waals surface area contributed by atoms with Gasteiger partial charge in [-0.05, 0) is 18.1 Å². The Morgan fingerprint density at radius 1 is 1.61 bits per heavy atom. The van der Waals surface area contributed by atoms with Gasteiger partial charge in [-0.3, -0.25) is 10.1 Å². The number of oxime groups is 1. The van der Waals surface area contributed by atoms with Crippen molar-refractivity contribution < 1.29 is 14.9 Å². The molecule has 7 nitrogen and oxygen atoms in total. The molecule has 0 amide bonds. The van der Waals surface area contributed by atoms with E-state index in [0.29, 0.717) is 6.42 Å². The first-order chi connectivity index (χ1) is 8.58. The van der Waals surface area contributed by atoms with Crippen molar-refractivity contribution in [1.82, 2.24) is 0 Å². The molecule has 1 aromatic carbocycles. The first kappa shape index (κ1) is 13.8. The number of nitrogens with two attached hydrogens (primary N) is 1. The molecule has 0 aliphatic heterocycles. The zero-order valence-electron chi connectivity index (χ0n) is 10.00.